The number of nitrogens with zero attached hydrogens (tertiary/aromatic N) is 2. The first-order valence-corrected chi connectivity index (χ1v) is 9.42. The molecule has 0 fully saturated rings. The average molecular weight is 447 g/mol. The fourth-order valence-electron chi connectivity index (χ4n) is 2.48. The maximum absolute atomic E-state index is 13.6. The van der Waals surface area contributed by atoms with Crippen LogP contribution in [0.15, 0.2) is 30.5 Å². The molecule has 1 aromatic carbocycles. The molecule has 2 N–H and O–H groups in total. The molecule has 0 aliphatic rings. The molecule has 1 heterocycles. The van der Waals surface area contributed by atoms with Crippen molar-refractivity contribution in [2.75, 3.05) is 13.1 Å². The fourth-order valence-corrected chi connectivity index (χ4v) is 2.67. The Morgan fingerprint density at radius 3 is 2.43 bits per heavy atom. The van der Waals surface area contributed by atoms with E-state index in [2.05, 4.69) is 15.7 Å². The van der Waals surface area contributed by atoms with Gasteiger partial charge in [-0.2, -0.15) is 18.3 Å². The first kappa shape index (κ1) is 23.5. The highest BCUT2D eigenvalue weighted by molar-refractivity contribution is 6.30. The maximum Gasteiger partial charge on any atom is 0.434 e. The monoisotopic (exact) mass is 446 g/mol. The molecular weight excluding hydrogens is 425 g/mol. The highest BCUT2D eigenvalue weighted by Crippen LogP contribution is 2.34. The third kappa shape index (κ3) is 6.65. The summed E-state index contributed by atoms with van der Waals surface area (Å²) >= 11 is 5.85. The first-order chi connectivity index (χ1) is 13.9. The molecule has 0 saturated carbocycles. The summed E-state index contributed by atoms with van der Waals surface area (Å²) in [5, 5.41) is 8.85. The molecule has 0 aliphatic heterocycles. The highest BCUT2D eigenvalue weighted by atomic mass is 35.5. The van der Waals surface area contributed by atoms with Crippen LogP contribution in [0.4, 0.5) is 18.0 Å². The number of ether oxygens (including phenoxy) is 1. The molecule has 164 valence electrons. The summed E-state index contributed by atoms with van der Waals surface area (Å²) in [6, 6.07) is 5.71. The lowest BCUT2D eigenvalue weighted by Crippen LogP contribution is -2.34. The third-order valence-corrected chi connectivity index (χ3v) is 3.88. The van der Waals surface area contributed by atoms with E-state index in [4.69, 9.17) is 16.3 Å². The van der Waals surface area contributed by atoms with E-state index >= 15 is 0 Å². The van der Waals surface area contributed by atoms with Crippen LogP contribution in [0.1, 0.15) is 43.2 Å². The second kappa shape index (κ2) is 9.38. The minimum absolute atomic E-state index is 0.0499. The van der Waals surface area contributed by atoms with Gasteiger partial charge in [-0.05, 0) is 45.4 Å². The topological polar surface area (TPSA) is 85.2 Å². The number of hydrogen-bond acceptors (Lipinski definition) is 4. The Balaban J connectivity index is 2.02. The van der Waals surface area contributed by atoms with Crippen LogP contribution in [0.5, 0.6) is 0 Å². The Morgan fingerprint density at radius 1 is 1.17 bits per heavy atom. The fraction of sp³-hybridized carbons (Fsp3) is 0.421. The molecule has 2 aromatic rings. The van der Waals surface area contributed by atoms with Gasteiger partial charge in [0, 0.05) is 18.1 Å². The van der Waals surface area contributed by atoms with E-state index in [-0.39, 0.29) is 23.8 Å². The minimum atomic E-state index is -4.82. The number of benzene rings is 1. The maximum atomic E-state index is 13.6. The summed E-state index contributed by atoms with van der Waals surface area (Å²) in [4.78, 5) is 23.8. The van der Waals surface area contributed by atoms with Gasteiger partial charge in [0.05, 0.1) is 17.4 Å². The number of carbonyl (C=O) groups is 2. The quantitative estimate of drug-likeness (QED) is 0.651. The number of aromatic nitrogens is 2. The van der Waals surface area contributed by atoms with Crippen molar-refractivity contribution in [3.05, 3.63) is 46.7 Å². The number of nitrogens with one attached hydrogen (secondary N) is 2. The Morgan fingerprint density at radius 2 is 1.83 bits per heavy atom. The normalized spacial score (nSPS) is 11.8. The van der Waals surface area contributed by atoms with Gasteiger partial charge in [-0.25, -0.2) is 9.48 Å². The van der Waals surface area contributed by atoms with E-state index in [1.54, 1.807) is 20.8 Å². The lowest BCUT2D eigenvalue weighted by Gasteiger charge is -2.19. The Hall–Kier alpha value is -2.75. The van der Waals surface area contributed by atoms with Crippen LogP contribution in [0.2, 0.25) is 5.02 Å². The molecule has 0 unspecified atom stereocenters. The molecular formula is C19H22ClF3N4O3. The molecule has 7 nitrogen and oxygen atoms in total. The Bertz CT molecular complexity index is 907. The van der Waals surface area contributed by atoms with Crippen molar-refractivity contribution >= 4 is 23.6 Å². The second-order valence-corrected chi connectivity index (χ2v) is 7.77. The zero-order valence-corrected chi connectivity index (χ0v) is 17.4. The van der Waals surface area contributed by atoms with Gasteiger partial charge in [-0.1, -0.05) is 17.7 Å². The predicted octanol–water partition coefficient (Wildman–Crippen LogP) is 4.19. The van der Waals surface area contributed by atoms with Crippen molar-refractivity contribution in [1.82, 2.24) is 20.4 Å². The number of alkyl halides is 3. The Kier molecular flexibility index (Phi) is 7.35. The van der Waals surface area contributed by atoms with Gasteiger partial charge in [0.25, 0.3) is 5.91 Å². The summed E-state index contributed by atoms with van der Waals surface area (Å²) in [7, 11) is 0. The average Bonchev–Trinajstić information content (AvgIpc) is 3.05. The van der Waals surface area contributed by atoms with Crippen LogP contribution in [0.3, 0.4) is 0 Å². The third-order valence-electron chi connectivity index (χ3n) is 3.64. The molecule has 0 radical (unpaired) electrons. The molecule has 0 spiro atoms. The molecule has 1 aromatic heterocycles. The van der Waals surface area contributed by atoms with Crippen LogP contribution in [0.25, 0.3) is 5.69 Å². The summed E-state index contributed by atoms with van der Waals surface area (Å²) in [5.74, 6) is -0.923. The molecule has 30 heavy (non-hydrogen) atoms. The first-order valence-electron chi connectivity index (χ1n) is 9.04. The lowest BCUT2D eigenvalue weighted by atomic mass is 10.2. The van der Waals surface area contributed by atoms with Crippen molar-refractivity contribution in [2.24, 2.45) is 0 Å². The summed E-state index contributed by atoms with van der Waals surface area (Å²) < 4.78 is 46.5. The van der Waals surface area contributed by atoms with Gasteiger partial charge in [0.1, 0.15) is 5.60 Å². The number of rotatable bonds is 6. The van der Waals surface area contributed by atoms with Gasteiger partial charge >= 0.3 is 12.3 Å². The summed E-state index contributed by atoms with van der Waals surface area (Å²) in [6.45, 7) is 5.38. The van der Waals surface area contributed by atoms with Crippen LogP contribution >= 0.6 is 11.6 Å². The lowest BCUT2D eigenvalue weighted by molar-refractivity contribution is -0.143. The van der Waals surface area contributed by atoms with Gasteiger partial charge in [-0.3, -0.25) is 4.79 Å². The number of carbonyl (C=O) groups excluding carboxylic acids is 2. The van der Waals surface area contributed by atoms with Crippen molar-refractivity contribution in [1.29, 1.82) is 0 Å². The van der Waals surface area contributed by atoms with E-state index in [1.165, 1.54) is 24.3 Å². The standard InChI is InChI=1S/C19H22ClF3N4O3/c1-18(2,3)30-17(29)25-9-5-8-24-16(28)14-11-26-27(15(14)19(21,22)23)13-7-4-6-12(20)10-13/h4,6-7,10-11H,5,8-9H2,1-3H3,(H,24,28)(H,25,29). The number of hydrogen-bond donors (Lipinski definition) is 2. The zero-order chi connectivity index (χ0) is 22.5. The van der Waals surface area contributed by atoms with Crippen molar-refractivity contribution < 1.29 is 27.5 Å². The van der Waals surface area contributed by atoms with Gasteiger partial charge in [-0.15, -0.1) is 0 Å². The van der Waals surface area contributed by atoms with E-state index in [0.717, 1.165) is 6.20 Å². The molecule has 0 atom stereocenters. The van der Waals surface area contributed by atoms with E-state index in [9.17, 15) is 22.8 Å². The van der Waals surface area contributed by atoms with E-state index < -0.39 is 35.0 Å². The second-order valence-electron chi connectivity index (χ2n) is 7.33. The smallest absolute Gasteiger partial charge is 0.434 e. The van der Waals surface area contributed by atoms with Crippen LogP contribution in [-0.4, -0.2) is 40.5 Å². The SMILES string of the molecule is CC(C)(C)OC(=O)NCCCNC(=O)c1cnn(-c2cccc(Cl)c2)c1C(F)(F)F. The minimum Gasteiger partial charge on any atom is -0.444 e. The predicted molar refractivity (Wildman–Crippen MR) is 105 cm³/mol. The highest BCUT2D eigenvalue weighted by Gasteiger charge is 2.40. The summed E-state index contributed by atoms with van der Waals surface area (Å²) in [5.41, 5.74) is -2.37. The molecule has 2 rings (SSSR count). The zero-order valence-electron chi connectivity index (χ0n) is 16.6. The van der Waals surface area contributed by atoms with Crippen LogP contribution in [-0.2, 0) is 10.9 Å². The van der Waals surface area contributed by atoms with Crippen molar-refractivity contribution in [2.45, 2.75) is 39.0 Å². The van der Waals surface area contributed by atoms with Gasteiger partial charge in [0.2, 0.25) is 0 Å². The van der Waals surface area contributed by atoms with E-state index in [0.29, 0.717) is 11.1 Å². The number of alkyl carbamates (subject to hydrolysis) is 1. The molecule has 0 aliphatic carbocycles. The number of amides is 2. The van der Waals surface area contributed by atoms with Crippen molar-refractivity contribution in [3.8, 4) is 5.69 Å². The van der Waals surface area contributed by atoms with E-state index in [1.807, 2.05) is 0 Å². The van der Waals surface area contributed by atoms with Crippen LogP contribution in [0, 0.1) is 0 Å². The molecule has 0 saturated heterocycles. The van der Waals surface area contributed by atoms with Crippen molar-refractivity contribution in [3.63, 3.8) is 0 Å². The van der Waals surface area contributed by atoms with Crippen LogP contribution < -0.4 is 10.6 Å². The summed E-state index contributed by atoms with van der Waals surface area (Å²) in [6.07, 6.45) is -4.27. The molecule has 2 amide bonds. The molecule has 11 heteroatoms. The molecule has 0 bridgehead atoms. The largest absolute Gasteiger partial charge is 0.444 e. The number of halogens is 4. The van der Waals surface area contributed by atoms with Gasteiger partial charge in [0.15, 0.2) is 5.69 Å². The Labute approximate surface area is 176 Å². The van der Waals surface area contributed by atoms with Gasteiger partial charge < -0.3 is 15.4 Å².